The first-order valence-corrected chi connectivity index (χ1v) is 6.45. The van der Waals surface area contributed by atoms with Crippen molar-refractivity contribution in [3.8, 4) is 0 Å². The first-order chi connectivity index (χ1) is 10.2. The van der Waals surface area contributed by atoms with Crippen LogP contribution in [0.2, 0.25) is 0 Å². The van der Waals surface area contributed by atoms with Crippen molar-refractivity contribution in [2.24, 2.45) is 0 Å². The topological polar surface area (TPSA) is 65.2 Å². The number of nitrogens with zero attached hydrogens (tertiary/aromatic N) is 1. The zero-order chi connectivity index (χ0) is 16.7. The molecule has 1 aliphatic carbocycles. The number of pyridine rings is 1. The number of esters is 1. The minimum absolute atomic E-state index is 0.226. The molecule has 2 rings (SSSR count). The molecule has 9 heteroatoms. The highest BCUT2D eigenvalue weighted by Crippen LogP contribution is 2.46. The van der Waals surface area contributed by atoms with Crippen LogP contribution in [-0.2, 0) is 10.9 Å². The lowest BCUT2D eigenvalue weighted by atomic mass is 9.77. The molecule has 1 saturated carbocycles. The molecule has 0 unspecified atom stereocenters. The number of anilines is 1. The summed E-state index contributed by atoms with van der Waals surface area (Å²) in [5.74, 6) is -1.64. The van der Waals surface area contributed by atoms with E-state index in [1.54, 1.807) is 0 Å². The van der Waals surface area contributed by atoms with Gasteiger partial charge in [-0.25, -0.2) is 18.6 Å². The van der Waals surface area contributed by atoms with E-state index < -0.39 is 47.1 Å². The average Bonchev–Trinajstić information content (AvgIpc) is 2.35. The third-order valence-corrected chi connectivity index (χ3v) is 3.68. The van der Waals surface area contributed by atoms with Gasteiger partial charge in [-0.3, -0.25) is 0 Å². The van der Waals surface area contributed by atoms with Crippen LogP contribution in [0.5, 0.6) is 0 Å². The zero-order valence-corrected chi connectivity index (χ0v) is 11.5. The minimum atomic E-state index is -4.99. The van der Waals surface area contributed by atoms with Crippen LogP contribution in [0.15, 0.2) is 0 Å². The second-order valence-electron chi connectivity index (χ2n) is 4.97. The van der Waals surface area contributed by atoms with Crippen molar-refractivity contribution in [2.75, 3.05) is 12.8 Å². The SMILES string of the molecule is COC(=O)c1c(C(F)F)nc(C(F)(F)F)c(N)c1C1CCC1. The summed E-state index contributed by atoms with van der Waals surface area (Å²) in [5.41, 5.74) is 1.03. The molecule has 0 spiro atoms. The number of carbonyl (C=O) groups excluding carboxylic acids is 1. The van der Waals surface area contributed by atoms with Crippen LogP contribution >= 0.6 is 0 Å². The fourth-order valence-corrected chi connectivity index (χ4v) is 2.45. The van der Waals surface area contributed by atoms with E-state index in [-0.39, 0.29) is 5.56 Å². The standard InChI is InChI=1S/C13H13F5N2O2/c1-22-12(21)7-6(5-3-2-4-5)8(19)10(13(16,17)18)20-9(7)11(14)15/h5,11H,2-4,19H2,1H3. The van der Waals surface area contributed by atoms with E-state index in [1.165, 1.54) is 0 Å². The molecule has 0 radical (unpaired) electrons. The van der Waals surface area contributed by atoms with Gasteiger partial charge in [0.15, 0.2) is 5.69 Å². The molecular formula is C13H13F5N2O2. The Morgan fingerprint density at radius 3 is 2.32 bits per heavy atom. The van der Waals surface area contributed by atoms with Gasteiger partial charge in [0.1, 0.15) is 5.69 Å². The van der Waals surface area contributed by atoms with E-state index in [0.29, 0.717) is 12.8 Å². The predicted molar refractivity (Wildman–Crippen MR) is 66.5 cm³/mol. The number of methoxy groups -OCH3 is 1. The fraction of sp³-hybridized carbons (Fsp3) is 0.538. The van der Waals surface area contributed by atoms with Crippen molar-refractivity contribution in [2.45, 2.75) is 37.8 Å². The van der Waals surface area contributed by atoms with Crippen LogP contribution in [0, 0.1) is 0 Å². The smallest absolute Gasteiger partial charge is 0.435 e. The molecule has 1 heterocycles. The van der Waals surface area contributed by atoms with Crippen LogP contribution in [0.1, 0.15) is 58.9 Å². The van der Waals surface area contributed by atoms with E-state index in [4.69, 9.17) is 5.73 Å². The van der Waals surface area contributed by atoms with Gasteiger partial charge in [-0.15, -0.1) is 0 Å². The molecule has 1 aromatic rings. The summed E-state index contributed by atoms with van der Waals surface area (Å²) in [7, 11) is 0.954. The van der Waals surface area contributed by atoms with Crippen LogP contribution < -0.4 is 5.73 Å². The summed E-state index contributed by atoms with van der Waals surface area (Å²) in [4.78, 5) is 14.7. The normalized spacial score (nSPS) is 15.8. The van der Waals surface area contributed by atoms with E-state index in [1.807, 2.05) is 0 Å². The van der Waals surface area contributed by atoms with Gasteiger partial charge in [-0.05, 0) is 24.3 Å². The Hall–Kier alpha value is -1.93. The number of halogens is 5. The molecule has 0 saturated heterocycles. The number of nitrogens with two attached hydrogens (primary N) is 1. The van der Waals surface area contributed by atoms with Crippen LogP contribution in [0.3, 0.4) is 0 Å². The lowest BCUT2D eigenvalue weighted by molar-refractivity contribution is -0.140. The van der Waals surface area contributed by atoms with Gasteiger partial charge >= 0.3 is 12.1 Å². The minimum Gasteiger partial charge on any atom is -0.465 e. The summed E-state index contributed by atoms with van der Waals surface area (Å²) in [6, 6.07) is 0. The summed E-state index contributed by atoms with van der Waals surface area (Å²) in [6.45, 7) is 0. The van der Waals surface area contributed by atoms with Crippen molar-refractivity contribution < 1.29 is 31.5 Å². The highest BCUT2D eigenvalue weighted by molar-refractivity contribution is 5.94. The molecule has 2 N–H and O–H groups in total. The van der Waals surface area contributed by atoms with Gasteiger partial charge in [0, 0.05) is 0 Å². The monoisotopic (exact) mass is 324 g/mol. The van der Waals surface area contributed by atoms with Crippen molar-refractivity contribution in [3.63, 3.8) is 0 Å². The highest BCUT2D eigenvalue weighted by atomic mass is 19.4. The average molecular weight is 324 g/mol. The maximum Gasteiger partial charge on any atom is 0.435 e. The fourth-order valence-electron chi connectivity index (χ4n) is 2.45. The molecule has 22 heavy (non-hydrogen) atoms. The van der Waals surface area contributed by atoms with Crippen molar-refractivity contribution in [1.29, 1.82) is 0 Å². The Balaban J connectivity index is 2.79. The molecule has 1 aliphatic rings. The molecule has 0 atom stereocenters. The van der Waals surface area contributed by atoms with E-state index >= 15 is 0 Å². The van der Waals surface area contributed by atoms with Crippen LogP contribution in [-0.4, -0.2) is 18.1 Å². The van der Waals surface area contributed by atoms with Gasteiger partial charge in [0.05, 0.1) is 18.4 Å². The Morgan fingerprint density at radius 1 is 1.36 bits per heavy atom. The summed E-state index contributed by atoms with van der Waals surface area (Å²) >= 11 is 0. The number of rotatable bonds is 3. The van der Waals surface area contributed by atoms with Gasteiger partial charge in [-0.1, -0.05) is 6.42 Å². The Bertz CT molecular complexity index is 597. The van der Waals surface area contributed by atoms with Crippen molar-refractivity contribution in [1.82, 2.24) is 4.98 Å². The molecule has 0 bridgehead atoms. The number of hydrogen-bond acceptors (Lipinski definition) is 4. The molecule has 0 aromatic carbocycles. The second-order valence-corrected chi connectivity index (χ2v) is 4.97. The first kappa shape index (κ1) is 16.4. The lowest BCUT2D eigenvalue weighted by Gasteiger charge is -2.30. The molecule has 0 amide bonds. The zero-order valence-electron chi connectivity index (χ0n) is 11.5. The maximum absolute atomic E-state index is 13.1. The van der Waals surface area contributed by atoms with E-state index in [2.05, 4.69) is 9.72 Å². The quantitative estimate of drug-likeness (QED) is 0.680. The van der Waals surface area contributed by atoms with Crippen molar-refractivity contribution in [3.05, 3.63) is 22.5 Å². The van der Waals surface area contributed by atoms with E-state index in [0.717, 1.165) is 13.5 Å². The van der Waals surface area contributed by atoms with Gasteiger partial charge < -0.3 is 10.5 Å². The Labute approximate surface area is 122 Å². The number of nitrogen functional groups attached to an aromatic ring is 1. The second kappa shape index (κ2) is 5.69. The van der Waals surface area contributed by atoms with E-state index in [9.17, 15) is 26.7 Å². The third kappa shape index (κ3) is 2.71. The number of carbonyl (C=O) groups is 1. The van der Waals surface area contributed by atoms with Gasteiger partial charge in [-0.2, -0.15) is 13.2 Å². The Kier molecular flexibility index (Phi) is 4.25. The number of ether oxygens (including phenoxy) is 1. The van der Waals surface area contributed by atoms with Crippen LogP contribution in [0.25, 0.3) is 0 Å². The largest absolute Gasteiger partial charge is 0.465 e. The summed E-state index contributed by atoms with van der Waals surface area (Å²) < 4.78 is 69.5. The maximum atomic E-state index is 13.1. The summed E-state index contributed by atoms with van der Waals surface area (Å²) in [6.07, 6.45) is -6.68. The van der Waals surface area contributed by atoms with Crippen LogP contribution in [0.4, 0.5) is 27.6 Å². The lowest BCUT2D eigenvalue weighted by Crippen LogP contribution is -2.24. The van der Waals surface area contributed by atoms with Gasteiger partial charge in [0.2, 0.25) is 0 Å². The summed E-state index contributed by atoms with van der Waals surface area (Å²) in [5, 5.41) is 0. The highest BCUT2D eigenvalue weighted by Gasteiger charge is 2.42. The third-order valence-electron chi connectivity index (χ3n) is 3.68. The molecule has 1 fully saturated rings. The molecule has 122 valence electrons. The van der Waals surface area contributed by atoms with Gasteiger partial charge in [0.25, 0.3) is 6.43 Å². The molecular weight excluding hydrogens is 311 g/mol. The number of hydrogen-bond donors (Lipinski definition) is 1. The number of aromatic nitrogens is 1. The first-order valence-electron chi connectivity index (χ1n) is 6.45. The molecule has 1 aromatic heterocycles. The molecule has 0 aliphatic heterocycles. The van der Waals surface area contributed by atoms with Crippen molar-refractivity contribution >= 4 is 11.7 Å². The molecule has 4 nitrogen and oxygen atoms in total. The predicted octanol–water partition coefficient (Wildman–Crippen LogP) is 3.67. The Morgan fingerprint density at radius 2 is 1.95 bits per heavy atom. The number of alkyl halides is 5.